The molecule has 1 aromatic carbocycles. The van der Waals surface area contributed by atoms with Crippen LogP contribution in [-0.4, -0.2) is 31.1 Å². The van der Waals surface area contributed by atoms with Crippen molar-refractivity contribution in [2.45, 2.75) is 33.6 Å². The van der Waals surface area contributed by atoms with Crippen molar-refractivity contribution >= 4 is 17.1 Å². The third-order valence-corrected chi connectivity index (χ3v) is 4.47. The van der Waals surface area contributed by atoms with E-state index in [2.05, 4.69) is 6.92 Å². The fraction of sp³-hybridized carbons (Fsp3) is 0.625. The Morgan fingerprint density at radius 3 is 2.41 bits per heavy atom. The minimum absolute atomic E-state index is 0.136. The van der Waals surface area contributed by atoms with Crippen LogP contribution in [0.15, 0.2) is 12.1 Å². The molecule has 0 aromatic heterocycles. The average Bonchev–Trinajstić information content (AvgIpc) is 2.50. The van der Waals surface area contributed by atoms with Crippen molar-refractivity contribution in [1.82, 2.24) is 0 Å². The fourth-order valence-electron chi connectivity index (χ4n) is 3.00. The van der Waals surface area contributed by atoms with Crippen molar-refractivity contribution in [2.24, 2.45) is 5.92 Å². The van der Waals surface area contributed by atoms with E-state index in [-0.39, 0.29) is 5.69 Å². The van der Waals surface area contributed by atoms with Crippen LogP contribution >= 0.6 is 0 Å². The molecule has 6 heteroatoms. The quantitative estimate of drug-likeness (QED) is 0.613. The Balaban J connectivity index is 2.44. The van der Waals surface area contributed by atoms with Crippen LogP contribution in [0.25, 0.3) is 0 Å². The molecule has 122 valence electrons. The molecule has 5 nitrogen and oxygen atoms in total. The zero-order chi connectivity index (χ0) is 16.3. The fourth-order valence-corrected chi connectivity index (χ4v) is 3.00. The van der Waals surface area contributed by atoms with Crippen LogP contribution in [0.3, 0.4) is 0 Å². The van der Waals surface area contributed by atoms with Gasteiger partial charge in [0.15, 0.2) is 5.82 Å². The first-order valence-corrected chi connectivity index (χ1v) is 7.95. The number of piperidine rings is 1. The van der Waals surface area contributed by atoms with Gasteiger partial charge in [0.25, 0.3) is 5.69 Å². The molecule has 22 heavy (non-hydrogen) atoms. The van der Waals surface area contributed by atoms with Gasteiger partial charge in [-0.3, -0.25) is 10.1 Å². The molecule has 1 aromatic rings. The highest BCUT2D eigenvalue weighted by molar-refractivity contribution is 5.71. The van der Waals surface area contributed by atoms with Gasteiger partial charge in [0.05, 0.1) is 16.7 Å². The summed E-state index contributed by atoms with van der Waals surface area (Å²) < 4.78 is 14.3. The third kappa shape index (κ3) is 3.31. The summed E-state index contributed by atoms with van der Waals surface area (Å²) in [6.45, 7) is 9.00. The normalized spacial score (nSPS) is 15.9. The smallest absolute Gasteiger partial charge is 0.295 e. The highest BCUT2D eigenvalue weighted by Gasteiger charge is 2.26. The number of nitrogens with zero attached hydrogens (tertiary/aromatic N) is 3. The van der Waals surface area contributed by atoms with Crippen LogP contribution in [0.2, 0.25) is 0 Å². The number of hydrogen-bond acceptors (Lipinski definition) is 4. The molecular weight excluding hydrogens is 285 g/mol. The number of rotatable bonds is 5. The summed E-state index contributed by atoms with van der Waals surface area (Å²) in [6, 6.07) is 2.72. The molecule has 0 spiro atoms. The van der Waals surface area contributed by atoms with Gasteiger partial charge in [0, 0.05) is 26.2 Å². The standard InChI is InChI=1S/C16H24FN3O2/c1-4-18(5-2)14-11-15(16(20(21)22)10-13(14)17)19-8-6-12(3)7-9-19/h10-12H,4-9H2,1-3H3. The Kier molecular flexibility index (Phi) is 5.21. The summed E-state index contributed by atoms with van der Waals surface area (Å²) in [5, 5.41) is 11.3. The molecule has 0 unspecified atom stereocenters. The van der Waals surface area contributed by atoms with E-state index in [1.807, 2.05) is 23.6 Å². The zero-order valence-electron chi connectivity index (χ0n) is 13.5. The Labute approximate surface area is 130 Å². The monoisotopic (exact) mass is 309 g/mol. The van der Waals surface area contributed by atoms with Crippen molar-refractivity contribution in [3.8, 4) is 0 Å². The molecule has 0 amide bonds. The van der Waals surface area contributed by atoms with Crippen LogP contribution in [0.1, 0.15) is 33.6 Å². The molecule has 1 fully saturated rings. The van der Waals surface area contributed by atoms with Gasteiger partial charge < -0.3 is 9.80 Å². The molecular formula is C16H24FN3O2. The van der Waals surface area contributed by atoms with E-state index in [1.54, 1.807) is 6.07 Å². The van der Waals surface area contributed by atoms with E-state index in [4.69, 9.17) is 0 Å². The zero-order valence-corrected chi connectivity index (χ0v) is 13.5. The molecule has 0 atom stereocenters. The molecule has 1 aliphatic heterocycles. The summed E-state index contributed by atoms with van der Waals surface area (Å²) in [7, 11) is 0. The first-order chi connectivity index (χ1) is 10.5. The number of nitro groups is 1. The van der Waals surface area contributed by atoms with E-state index in [9.17, 15) is 14.5 Å². The average molecular weight is 309 g/mol. The number of hydrogen-bond donors (Lipinski definition) is 0. The maximum Gasteiger partial charge on any atom is 0.295 e. The Bertz CT molecular complexity index is 538. The molecule has 0 bridgehead atoms. The van der Waals surface area contributed by atoms with Gasteiger partial charge in [-0.15, -0.1) is 0 Å². The predicted molar refractivity (Wildman–Crippen MR) is 87.2 cm³/mol. The number of benzene rings is 1. The number of nitro benzene ring substituents is 1. The first kappa shape index (κ1) is 16.5. The van der Waals surface area contributed by atoms with Gasteiger partial charge in [-0.1, -0.05) is 6.92 Å². The first-order valence-electron chi connectivity index (χ1n) is 7.95. The maximum absolute atomic E-state index is 14.3. The van der Waals surface area contributed by atoms with Gasteiger partial charge in [0.1, 0.15) is 5.69 Å². The van der Waals surface area contributed by atoms with E-state index in [0.717, 1.165) is 32.0 Å². The SMILES string of the molecule is CCN(CC)c1cc(N2CCC(C)CC2)c([N+](=O)[O-])cc1F. The van der Waals surface area contributed by atoms with Gasteiger partial charge >= 0.3 is 0 Å². The maximum atomic E-state index is 14.3. The second-order valence-corrected chi connectivity index (χ2v) is 5.89. The number of anilines is 2. The second-order valence-electron chi connectivity index (χ2n) is 5.89. The summed E-state index contributed by atoms with van der Waals surface area (Å²) in [5.41, 5.74) is 0.854. The highest BCUT2D eigenvalue weighted by Crippen LogP contribution is 2.36. The molecule has 0 saturated carbocycles. The lowest BCUT2D eigenvalue weighted by Gasteiger charge is -2.32. The van der Waals surface area contributed by atoms with Crippen LogP contribution in [0, 0.1) is 21.8 Å². The van der Waals surface area contributed by atoms with E-state index >= 15 is 0 Å². The molecule has 1 aliphatic rings. The van der Waals surface area contributed by atoms with Gasteiger partial charge in [-0.05, 0) is 38.7 Å². The third-order valence-electron chi connectivity index (χ3n) is 4.47. The lowest BCUT2D eigenvalue weighted by Crippen LogP contribution is -2.33. The second kappa shape index (κ2) is 6.94. The molecule has 1 heterocycles. The topological polar surface area (TPSA) is 49.6 Å². The molecule has 2 rings (SSSR count). The van der Waals surface area contributed by atoms with E-state index in [1.165, 1.54) is 0 Å². The molecule has 0 N–H and O–H groups in total. The minimum Gasteiger partial charge on any atom is -0.370 e. The van der Waals surface area contributed by atoms with Crippen molar-refractivity contribution in [3.63, 3.8) is 0 Å². The predicted octanol–water partition coefficient (Wildman–Crippen LogP) is 3.82. The van der Waals surface area contributed by atoms with Gasteiger partial charge in [-0.25, -0.2) is 4.39 Å². The Hall–Kier alpha value is -1.85. The molecule has 0 radical (unpaired) electrons. The lowest BCUT2D eigenvalue weighted by molar-refractivity contribution is -0.384. The van der Waals surface area contributed by atoms with Crippen molar-refractivity contribution in [2.75, 3.05) is 36.0 Å². The highest BCUT2D eigenvalue weighted by atomic mass is 19.1. The minimum atomic E-state index is -0.524. The molecule has 1 saturated heterocycles. The summed E-state index contributed by atoms with van der Waals surface area (Å²) in [4.78, 5) is 14.7. The largest absolute Gasteiger partial charge is 0.370 e. The van der Waals surface area contributed by atoms with Crippen molar-refractivity contribution in [1.29, 1.82) is 0 Å². The Morgan fingerprint density at radius 2 is 1.91 bits per heavy atom. The lowest BCUT2D eigenvalue weighted by atomic mass is 9.98. The molecule has 0 aliphatic carbocycles. The summed E-state index contributed by atoms with van der Waals surface area (Å²) in [6.07, 6.45) is 2.02. The summed E-state index contributed by atoms with van der Waals surface area (Å²) >= 11 is 0. The van der Waals surface area contributed by atoms with Gasteiger partial charge in [-0.2, -0.15) is 0 Å². The van der Waals surface area contributed by atoms with Crippen LogP contribution in [-0.2, 0) is 0 Å². The number of halogens is 1. The van der Waals surface area contributed by atoms with E-state index in [0.29, 0.717) is 30.4 Å². The van der Waals surface area contributed by atoms with E-state index < -0.39 is 10.7 Å². The summed E-state index contributed by atoms with van der Waals surface area (Å²) in [5.74, 6) is 0.113. The van der Waals surface area contributed by atoms with Crippen LogP contribution in [0.5, 0.6) is 0 Å². The van der Waals surface area contributed by atoms with Crippen molar-refractivity contribution in [3.05, 3.63) is 28.1 Å². The van der Waals surface area contributed by atoms with Crippen LogP contribution in [0.4, 0.5) is 21.5 Å². The Morgan fingerprint density at radius 1 is 1.32 bits per heavy atom. The van der Waals surface area contributed by atoms with Gasteiger partial charge in [0.2, 0.25) is 0 Å². The van der Waals surface area contributed by atoms with Crippen molar-refractivity contribution < 1.29 is 9.31 Å². The van der Waals surface area contributed by atoms with Crippen LogP contribution < -0.4 is 9.80 Å².